The van der Waals surface area contributed by atoms with Gasteiger partial charge >= 0.3 is 6.18 Å². The van der Waals surface area contributed by atoms with Gasteiger partial charge < -0.3 is 19.3 Å². The Kier molecular flexibility index (Phi) is 7.92. The maximum atomic E-state index is 13.5. The van der Waals surface area contributed by atoms with E-state index in [1.165, 1.54) is 61.6 Å². The SMILES string of the molecule is C=C(C)N1CCCCC1.C=C1N2C=CC=C(C(F)(F)F)C2=CN1c1cccc(C(c2nncn2C)C2CCC2)c1. The summed E-state index contributed by atoms with van der Waals surface area (Å²) in [6.45, 7) is 12.5. The van der Waals surface area contributed by atoms with Gasteiger partial charge in [0.15, 0.2) is 0 Å². The fraction of sp³-hybridized carbons (Fsp3) is 0.419. The fourth-order valence-electron chi connectivity index (χ4n) is 5.78. The molecular formula is C31H37F3N6. The highest BCUT2D eigenvalue weighted by Crippen LogP contribution is 2.45. The van der Waals surface area contributed by atoms with Gasteiger partial charge in [0.1, 0.15) is 18.0 Å². The van der Waals surface area contributed by atoms with Crippen LogP contribution in [0.2, 0.25) is 0 Å². The first-order valence-corrected chi connectivity index (χ1v) is 13.9. The normalized spacial score (nSPS) is 19.8. The molecule has 0 bridgehead atoms. The van der Waals surface area contributed by atoms with Crippen molar-refractivity contribution >= 4 is 5.69 Å². The molecule has 1 aliphatic carbocycles. The van der Waals surface area contributed by atoms with E-state index in [2.05, 4.69) is 41.2 Å². The number of rotatable bonds is 5. The number of fused-ring (bicyclic) bond motifs is 1. The maximum Gasteiger partial charge on any atom is 0.418 e. The van der Waals surface area contributed by atoms with Gasteiger partial charge in [0.2, 0.25) is 0 Å². The number of halogens is 3. The van der Waals surface area contributed by atoms with Crippen LogP contribution in [0.1, 0.15) is 62.8 Å². The van der Waals surface area contributed by atoms with Crippen molar-refractivity contribution in [3.63, 3.8) is 0 Å². The standard InChI is InChI=1S/C23H22F3N5.C8H15N/c1-15-30-11-5-10-19(23(24,25)26)20(30)13-31(15)18-9-4-8-17(12-18)21(16-6-3-7-16)22-28-27-14-29(22)2;1-8(2)9-6-4-3-5-7-9/h4-5,8-14,16,21H,1,3,6-7H2,2H3;1,3-7H2,2H3. The van der Waals surface area contributed by atoms with E-state index in [4.69, 9.17) is 0 Å². The largest absolute Gasteiger partial charge is 0.418 e. The van der Waals surface area contributed by atoms with Crippen molar-refractivity contribution < 1.29 is 13.2 Å². The molecule has 40 heavy (non-hydrogen) atoms. The fourth-order valence-corrected chi connectivity index (χ4v) is 5.78. The van der Waals surface area contributed by atoms with Crippen molar-refractivity contribution in [3.05, 3.63) is 102 Å². The Hall–Kier alpha value is -3.75. The molecule has 0 spiro atoms. The monoisotopic (exact) mass is 550 g/mol. The van der Waals surface area contributed by atoms with E-state index in [0.717, 1.165) is 36.0 Å². The minimum Gasteiger partial charge on any atom is -0.376 e. The highest BCUT2D eigenvalue weighted by Gasteiger charge is 2.42. The summed E-state index contributed by atoms with van der Waals surface area (Å²) in [7, 11) is 1.94. The number of allylic oxidation sites excluding steroid dienone is 4. The molecule has 2 fully saturated rings. The molecule has 0 radical (unpaired) electrons. The van der Waals surface area contributed by atoms with E-state index in [0.29, 0.717) is 11.7 Å². The molecule has 2 aromatic rings. The smallest absolute Gasteiger partial charge is 0.376 e. The molecule has 6 nitrogen and oxygen atoms in total. The van der Waals surface area contributed by atoms with Crippen molar-refractivity contribution in [1.29, 1.82) is 0 Å². The average Bonchev–Trinajstić information content (AvgIpc) is 3.49. The quantitative estimate of drug-likeness (QED) is 0.394. The lowest BCUT2D eigenvalue weighted by molar-refractivity contribution is -0.0908. The first kappa shape index (κ1) is 27.8. The van der Waals surface area contributed by atoms with Crippen molar-refractivity contribution in [2.45, 2.75) is 57.5 Å². The van der Waals surface area contributed by atoms with Gasteiger partial charge in [-0.1, -0.05) is 31.7 Å². The second-order valence-electron chi connectivity index (χ2n) is 10.9. The van der Waals surface area contributed by atoms with Crippen LogP contribution in [0.15, 0.2) is 91.1 Å². The Bertz CT molecular complexity index is 1340. The average molecular weight is 551 g/mol. The third-order valence-electron chi connectivity index (χ3n) is 8.20. The van der Waals surface area contributed by atoms with Gasteiger partial charge in [-0.25, -0.2) is 0 Å². The Balaban J connectivity index is 0.000000306. The molecule has 212 valence electrons. The number of nitrogens with zero attached hydrogens (tertiary/aromatic N) is 6. The minimum atomic E-state index is -4.44. The summed E-state index contributed by atoms with van der Waals surface area (Å²) < 4.78 is 42.4. The Morgan fingerprint density at radius 2 is 1.82 bits per heavy atom. The van der Waals surface area contributed by atoms with Crippen LogP contribution >= 0.6 is 0 Å². The molecule has 4 heterocycles. The van der Waals surface area contributed by atoms with Crippen LogP contribution in [0.5, 0.6) is 0 Å². The van der Waals surface area contributed by atoms with E-state index in [1.54, 1.807) is 17.4 Å². The van der Waals surface area contributed by atoms with E-state index in [1.807, 2.05) is 29.8 Å². The van der Waals surface area contributed by atoms with E-state index < -0.39 is 11.7 Å². The predicted molar refractivity (Wildman–Crippen MR) is 152 cm³/mol. The van der Waals surface area contributed by atoms with E-state index >= 15 is 0 Å². The molecule has 9 heteroatoms. The second kappa shape index (κ2) is 11.4. The van der Waals surface area contributed by atoms with Crippen molar-refractivity contribution in [3.8, 4) is 0 Å². The first-order valence-electron chi connectivity index (χ1n) is 13.9. The lowest BCUT2D eigenvalue weighted by atomic mass is 9.72. The number of aryl methyl sites for hydroxylation is 1. The van der Waals surface area contributed by atoms with Crippen LogP contribution in [-0.2, 0) is 7.05 Å². The maximum absolute atomic E-state index is 13.5. The molecular weight excluding hydrogens is 513 g/mol. The lowest BCUT2D eigenvalue weighted by Crippen LogP contribution is -2.27. The Morgan fingerprint density at radius 3 is 2.40 bits per heavy atom. The molecule has 1 aromatic heterocycles. The first-order chi connectivity index (χ1) is 19.1. The van der Waals surface area contributed by atoms with Gasteiger partial charge in [-0.15, -0.1) is 10.2 Å². The van der Waals surface area contributed by atoms with Crippen LogP contribution in [0, 0.1) is 5.92 Å². The molecule has 3 aliphatic heterocycles. The molecule has 1 atom stereocenters. The van der Waals surface area contributed by atoms with Crippen LogP contribution in [0.3, 0.4) is 0 Å². The van der Waals surface area contributed by atoms with E-state index in [9.17, 15) is 13.2 Å². The highest BCUT2D eigenvalue weighted by molar-refractivity contribution is 5.63. The van der Waals surface area contributed by atoms with Crippen molar-refractivity contribution in [1.82, 2.24) is 24.6 Å². The molecule has 1 saturated carbocycles. The van der Waals surface area contributed by atoms with Crippen LogP contribution in [0.25, 0.3) is 0 Å². The van der Waals surface area contributed by atoms with Gasteiger partial charge in [0, 0.05) is 49.8 Å². The van der Waals surface area contributed by atoms with Gasteiger partial charge in [-0.05, 0) is 74.8 Å². The third-order valence-corrected chi connectivity index (χ3v) is 8.20. The van der Waals surface area contributed by atoms with Crippen molar-refractivity contribution in [2.75, 3.05) is 18.0 Å². The molecule has 1 aromatic carbocycles. The van der Waals surface area contributed by atoms with Gasteiger partial charge in [0.25, 0.3) is 0 Å². The molecule has 1 unspecified atom stereocenters. The zero-order valence-electron chi connectivity index (χ0n) is 23.2. The summed E-state index contributed by atoms with van der Waals surface area (Å²) in [5.74, 6) is 1.94. The third kappa shape index (κ3) is 5.60. The van der Waals surface area contributed by atoms with Crippen LogP contribution in [-0.4, -0.2) is 43.8 Å². The summed E-state index contributed by atoms with van der Waals surface area (Å²) in [4.78, 5) is 5.55. The number of hydrogen-bond acceptors (Lipinski definition) is 5. The summed E-state index contributed by atoms with van der Waals surface area (Å²) >= 11 is 0. The molecule has 0 N–H and O–H groups in total. The summed E-state index contributed by atoms with van der Waals surface area (Å²) in [6, 6.07) is 7.91. The van der Waals surface area contributed by atoms with E-state index in [-0.39, 0.29) is 11.6 Å². The number of likely N-dealkylation sites (tertiary alicyclic amines) is 1. The zero-order valence-corrected chi connectivity index (χ0v) is 23.2. The van der Waals surface area contributed by atoms with Gasteiger partial charge in [-0.3, -0.25) is 0 Å². The Labute approximate surface area is 234 Å². The summed E-state index contributed by atoms with van der Waals surface area (Å²) in [6.07, 6.45) is 10.4. The Morgan fingerprint density at radius 1 is 1.07 bits per heavy atom. The van der Waals surface area contributed by atoms with Crippen LogP contribution < -0.4 is 4.90 Å². The molecule has 4 aliphatic rings. The second-order valence-corrected chi connectivity index (χ2v) is 10.9. The topological polar surface area (TPSA) is 40.4 Å². The molecule has 6 rings (SSSR count). The minimum absolute atomic E-state index is 0.0780. The number of aromatic nitrogens is 3. The number of hydrogen-bond donors (Lipinski definition) is 0. The number of alkyl halides is 3. The van der Waals surface area contributed by atoms with Crippen molar-refractivity contribution in [2.24, 2.45) is 13.0 Å². The zero-order chi connectivity index (χ0) is 28.4. The number of piperidine rings is 1. The predicted octanol–water partition coefficient (Wildman–Crippen LogP) is 7.20. The number of anilines is 1. The van der Waals surface area contributed by atoms with Gasteiger partial charge in [-0.2, -0.15) is 13.2 Å². The summed E-state index contributed by atoms with van der Waals surface area (Å²) in [5, 5.41) is 8.41. The molecule has 0 amide bonds. The van der Waals surface area contributed by atoms with Crippen LogP contribution in [0.4, 0.5) is 18.9 Å². The lowest BCUT2D eigenvalue weighted by Gasteiger charge is -2.34. The summed E-state index contributed by atoms with van der Waals surface area (Å²) in [5.41, 5.74) is 2.48. The molecule has 1 saturated heterocycles. The highest BCUT2D eigenvalue weighted by atomic mass is 19.4. The number of benzene rings is 1. The van der Waals surface area contributed by atoms with Gasteiger partial charge in [0.05, 0.1) is 11.3 Å².